The summed E-state index contributed by atoms with van der Waals surface area (Å²) in [5.74, 6) is -0.984. The molecule has 0 bridgehead atoms. The third kappa shape index (κ3) is 1.80. The first kappa shape index (κ1) is 10.8. The SMILES string of the molecule is COc1c(F)cc(C)c(CCO)c1O. The number of rotatable bonds is 3. The molecule has 0 aromatic heterocycles. The molecule has 0 fully saturated rings. The van der Waals surface area contributed by atoms with Gasteiger partial charge in [0.25, 0.3) is 0 Å². The zero-order valence-electron chi connectivity index (χ0n) is 8.17. The first-order valence-corrected chi connectivity index (χ1v) is 4.27. The number of hydrogen-bond acceptors (Lipinski definition) is 3. The fourth-order valence-electron chi connectivity index (χ4n) is 1.40. The van der Waals surface area contributed by atoms with Crippen molar-refractivity contribution in [3.05, 3.63) is 23.0 Å². The van der Waals surface area contributed by atoms with E-state index in [0.717, 1.165) is 0 Å². The monoisotopic (exact) mass is 200 g/mol. The lowest BCUT2D eigenvalue weighted by molar-refractivity contribution is 0.294. The Bertz CT molecular complexity index is 337. The van der Waals surface area contributed by atoms with E-state index in [4.69, 9.17) is 9.84 Å². The standard InChI is InChI=1S/C10H13FO3/c1-6-5-8(11)10(14-2)9(13)7(6)3-4-12/h5,12-13H,3-4H2,1-2H3. The van der Waals surface area contributed by atoms with Gasteiger partial charge in [-0.2, -0.15) is 0 Å². The van der Waals surface area contributed by atoms with Crippen LogP contribution in [0.25, 0.3) is 0 Å². The van der Waals surface area contributed by atoms with Gasteiger partial charge >= 0.3 is 0 Å². The van der Waals surface area contributed by atoms with Gasteiger partial charge < -0.3 is 14.9 Å². The van der Waals surface area contributed by atoms with Crippen LogP contribution in [-0.4, -0.2) is 23.9 Å². The second-order valence-electron chi connectivity index (χ2n) is 3.01. The highest BCUT2D eigenvalue weighted by Crippen LogP contribution is 2.35. The molecule has 1 aromatic rings. The summed E-state index contributed by atoms with van der Waals surface area (Å²) in [4.78, 5) is 0. The van der Waals surface area contributed by atoms with Crippen LogP contribution in [0.15, 0.2) is 6.07 Å². The Balaban J connectivity index is 3.28. The minimum Gasteiger partial charge on any atom is -0.504 e. The van der Waals surface area contributed by atoms with E-state index in [1.165, 1.54) is 13.2 Å². The number of ether oxygens (including phenoxy) is 1. The summed E-state index contributed by atoms with van der Waals surface area (Å²) in [5, 5.41) is 18.4. The fourth-order valence-corrected chi connectivity index (χ4v) is 1.40. The predicted octanol–water partition coefficient (Wildman–Crippen LogP) is 1.38. The summed E-state index contributed by atoms with van der Waals surface area (Å²) in [6, 6.07) is 1.28. The molecular formula is C10H13FO3. The molecule has 0 saturated carbocycles. The number of hydrogen-bond donors (Lipinski definition) is 2. The summed E-state index contributed by atoms with van der Waals surface area (Å²) in [6.45, 7) is 1.58. The average molecular weight is 200 g/mol. The van der Waals surface area contributed by atoms with Crippen molar-refractivity contribution in [1.82, 2.24) is 0 Å². The number of methoxy groups -OCH3 is 1. The summed E-state index contributed by atoms with van der Waals surface area (Å²) < 4.78 is 17.9. The van der Waals surface area contributed by atoms with E-state index in [2.05, 4.69) is 0 Å². The number of aryl methyl sites for hydroxylation is 1. The first-order valence-electron chi connectivity index (χ1n) is 4.27. The van der Waals surface area contributed by atoms with Crippen molar-refractivity contribution in [3.8, 4) is 11.5 Å². The Morgan fingerprint density at radius 2 is 2.14 bits per heavy atom. The smallest absolute Gasteiger partial charge is 0.196 e. The number of benzene rings is 1. The summed E-state index contributed by atoms with van der Waals surface area (Å²) in [6.07, 6.45) is 0.286. The number of phenolic OH excluding ortho intramolecular Hbond substituents is 1. The second kappa shape index (κ2) is 4.28. The van der Waals surface area contributed by atoms with Crippen LogP contribution >= 0.6 is 0 Å². The predicted molar refractivity (Wildman–Crippen MR) is 50.1 cm³/mol. The highest BCUT2D eigenvalue weighted by atomic mass is 19.1. The summed E-state index contributed by atoms with van der Waals surface area (Å²) in [5.41, 5.74) is 1.13. The number of aliphatic hydroxyl groups is 1. The zero-order chi connectivity index (χ0) is 10.7. The van der Waals surface area contributed by atoms with Gasteiger partial charge in [0, 0.05) is 12.2 Å². The summed E-state index contributed by atoms with van der Waals surface area (Å²) in [7, 11) is 1.29. The van der Waals surface area contributed by atoms with Crippen LogP contribution in [0.2, 0.25) is 0 Å². The maximum atomic E-state index is 13.2. The molecular weight excluding hydrogens is 187 g/mol. The van der Waals surface area contributed by atoms with E-state index < -0.39 is 5.82 Å². The molecule has 0 atom stereocenters. The van der Waals surface area contributed by atoms with Crippen LogP contribution in [0, 0.1) is 12.7 Å². The topological polar surface area (TPSA) is 49.7 Å². The van der Waals surface area contributed by atoms with Crippen molar-refractivity contribution in [3.63, 3.8) is 0 Å². The molecule has 1 rings (SSSR count). The molecule has 0 aliphatic rings. The molecule has 14 heavy (non-hydrogen) atoms. The summed E-state index contributed by atoms with van der Waals surface area (Å²) >= 11 is 0. The van der Waals surface area contributed by atoms with Gasteiger partial charge in [-0.25, -0.2) is 4.39 Å². The zero-order valence-corrected chi connectivity index (χ0v) is 8.17. The van der Waals surface area contributed by atoms with E-state index in [-0.39, 0.29) is 24.5 Å². The van der Waals surface area contributed by atoms with Crippen LogP contribution in [0.5, 0.6) is 11.5 Å². The molecule has 2 N–H and O–H groups in total. The number of phenols is 1. The molecule has 0 amide bonds. The average Bonchev–Trinajstić information content (AvgIpc) is 2.12. The number of aliphatic hydroxyl groups excluding tert-OH is 1. The minimum atomic E-state index is -0.593. The number of aromatic hydroxyl groups is 1. The normalized spacial score (nSPS) is 10.3. The first-order chi connectivity index (χ1) is 6.61. The quantitative estimate of drug-likeness (QED) is 0.775. The van der Waals surface area contributed by atoms with Crippen LogP contribution in [0.4, 0.5) is 4.39 Å². The molecule has 0 spiro atoms. The molecule has 1 aromatic carbocycles. The molecule has 0 radical (unpaired) electrons. The molecule has 3 nitrogen and oxygen atoms in total. The Hall–Kier alpha value is -1.29. The van der Waals surface area contributed by atoms with Crippen LogP contribution < -0.4 is 4.74 Å². The van der Waals surface area contributed by atoms with Gasteiger partial charge in [-0.05, 0) is 25.0 Å². The van der Waals surface area contributed by atoms with Gasteiger partial charge in [0.2, 0.25) is 0 Å². The van der Waals surface area contributed by atoms with Crippen molar-refractivity contribution >= 4 is 0 Å². The second-order valence-corrected chi connectivity index (χ2v) is 3.01. The van der Waals surface area contributed by atoms with Crippen molar-refractivity contribution in [2.75, 3.05) is 13.7 Å². The Kier molecular flexibility index (Phi) is 3.30. The third-order valence-corrected chi connectivity index (χ3v) is 2.10. The fraction of sp³-hybridized carbons (Fsp3) is 0.400. The lowest BCUT2D eigenvalue weighted by Gasteiger charge is -2.11. The molecule has 0 saturated heterocycles. The molecule has 0 unspecified atom stereocenters. The minimum absolute atomic E-state index is 0.0941. The van der Waals surface area contributed by atoms with Crippen molar-refractivity contribution in [1.29, 1.82) is 0 Å². The van der Waals surface area contributed by atoms with E-state index in [9.17, 15) is 9.50 Å². The lowest BCUT2D eigenvalue weighted by atomic mass is 10.0. The van der Waals surface area contributed by atoms with Crippen LogP contribution in [0.3, 0.4) is 0 Å². The molecule has 4 heteroatoms. The van der Waals surface area contributed by atoms with Gasteiger partial charge in [0.05, 0.1) is 7.11 Å². The Morgan fingerprint density at radius 1 is 1.50 bits per heavy atom. The Morgan fingerprint density at radius 3 is 2.64 bits per heavy atom. The maximum absolute atomic E-state index is 13.2. The van der Waals surface area contributed by atoms with Gasteiger partial charge in [-0.3, -0.25) is 0 Å². The van der Waals surface area contributed by atoms with Gasteiger partial charge in [0.15, 0.2) is 17.3 Å². The highest BCUT2D eigenvalue weighted by molar-refractivity contribution is 5.50. The van der Waals surface area contributed by atoms with E-state index in [0.29, 0.717) is 11.1 Å². The molecule has 0 heterocycles. The van der Waals surface area contributed by atoms with Crippen molar-refractivity contribution < 1.29 is 19.3 Å². The largest absolute Gasteiger partial charge is 0.504 e. The molecule has 0 aliphatic heterocycles. The van der Waals surface area contributed by atoms with E-state index in [1.54, 1.807) is 6.92 Å². The van der Waals surface area contributed by atoms with E-state index >= 15 is 0 Å². The van der Waals surface area contributed by atoms with Crippen molar-refractivity contribution in [2.24, 2.45) is 0 Å². The number of halogens is 1. The lowest BCUT2D eigenvalue weighted by Crippen LogP contribution is -1.99. The van der Waals surface area contributed by atoms with Gasteiger partial charge in [0.1, 0.15) is 0 Å². The Labute approximate surface area is 81.8 Å². The molecule has 0 aliphatic carbocycles. The van der Waals surface area contributed by atoms with Gasteiger partial charge in [-0.15, -0.1) is 0 Å². The van der Waals surface area contributed by atoms with Crippen LogP contribution in [-0.2, 0) is 6.42 Å². The highest BCUT2D eigenvalue weighted by Gasteiger charge is 2.15. The third-order valence-electron chi connectivity index (χ3n) is 2.10. The van der Waals surface area contributed by atoms with Gasteiger partial charge in [-0.1, -0.05) is 0 Å². The maximum Gasteiger partial charge on any atom is 0.196 e. The van der Waals surface area contributed by atoms with Crippen molar-refractivity contribution in [2.45, 2.75) is 13.3 Å². The van der Waals surface area contributed by atoms with E-state index in [1.807, 2.05) is 0 Å². The molecule has 78 valence electrons. The van der Waals surface area contributed by atoms with Crippen LogP contribution in [0.1, 0.15) is 11.1 Å².